The van der Waals surface area contributed by atoms with Crippen LogP contribution in [-0.2, 0) is 0 Å². The highest BCUT2D eigenvalue weighted by Crippen LogP contribution is 2.32. The van der Waals surface area contributed by atoms with Crippen LogP contribution in [-0.4, -0.2) is 25.8 Å². The number of fused-ring (bicyclic) bond motifs is 1. The third-order valence-corrected chi connectivity index (χ3v) is 3.60. The standard InChI is InChI=1S/C13H7BrClFN4O2/c14-10-6-17-12-9(5-11(15)18-20(10)12)19(13(21)22)8-3-1-2-7(16)4-8/h1-6H,(H,21,22). The van der Waals surface area contributed by atoms with Crippen molar-refractivity contribution in [3.8, 4) is 0 Å². The highest BCUT2D eigenvalue weighted by molar-refractivity contribution is 9.10. The molecule has 6 nitrogen and oxygen atoms in total. The van der Waals surface area contributed by atoms with E-state index in [0.717, 1.165) is 11.0 Å². The molecule has 22 heavy (non-hydrogen) atoms. The summed E-state index contributed by atoms with van der Waals surface area (Å²) in [5.74, 6) is -0.551. The van der Waals surface area contributed by atoms with E-state index in [9.17, 15) is 14.3 Å². The van der Waals surface area contributed by atoms with Crippen LogP contribution in [0.3, 0.4) is 0 Å². The third kappa shape index (κ3) is 2.51. The average molecular weight is 386 g/mol. The fourth-order valence-corrected chi connectivity index (χ4v) is 2.56. The fourth-order valence-electron chi connectivity index (χ4n) is 2.03. The number of imidazole rings is 1. The summed E-state index contributed by atoms with van der Waals surface area (Å²) in [5, 5.41) is 13.6. The van der Waals surface area contributed by atoms with E-state index in [2.05, 4.69) is 26.0 Å². The molecule has 1 N–H and O–H groups in total. The number of halogens is 3. The molecule has 112 valence electrons. The first-order valence-electron chi connectivity index (χ1n) is 5.96. The minimum absolute atomic E-state index is 0.0730. The number of carboxylic acid groups (broad SMARTS) is 1. The number of amides is 1. The van der Waals surface area contributed by atoms with Crippen molar-refractivity contribution in [1.82, 2.24) is 14.6 Å². The molecule has 2 aromatic heterocycles. The Hall–Kier alpha value is -2.19. The van der Waals surface area contributed by atoms with E-state index < -0.39 is 11.9 Å². The van der Waals surface area contributed by atoms with E-state index in [1.54, 1.807) is 0 Å². The number of anilines is 2. The number of aromatic nitrogens is 3. The van der Waals surface area contributed by atoms with E-state index in [4.69, 9.17) is 11.6 Å². The topological polar surface area (TPSA) is 70.7 Å². The third-order valence-electron chi connectivity index (χ3n) is 2.88. The number of nitrogens with zero attached hydrogens (tertiary/aromatic N) is 4. The van der Waals surface area contributed by atoms with Gasteiger partial charge < -0.3 is 5.11 Å². The van der Waals surface area contributed by atoms with Gasteiger partial charge in [-0.15, -0.1) is 0 Å². The summed E-state index contributed by atoms with van der Waals surface area (Å²) in [6.45, 7) is 0. The molecule has 0 aliphatic carbocycles. The summed E-state index contributed by atoms with van der Waals surface area (Å²) < 4.78 is 15.3. The Balaban J connectivity index is 2.28. The number of hydrogen-bond acceptors (Lipinski definition) is 3. The van der Waals surface area contributed by atoms with Crippen LogP contribution in [0.5, 0.6) is 0 Å². The normalized spacial score (nSPS) is 10.9. The number of rotatable bonds is 2. The monoisotopic (exact) mass is 384 g/mol. The van der Waals surface area contributed by atoms with Gasteiger partial charge in [-0.1, -0.05) is 17.7 Å². The summed E-state index contributed by atoms with van der Waals surface area (Å²) in [4.78, 5) is 16.7. The zero-order chi connectivity index (χ0) is 15.9. The quantitative estimate of drug-likeness (QED) is 0.721. The largest absolute Gasteiger partial charge is 0.464 e. The fraction of sp³-hybridized carbons (Fsp3) is 0. The van der Waals surface area contributed by atoms with Crippen LogP contribution in [0, 0.1) is 5.82 Å². The van der Waals surface area contributed by atoms with Gasteiger partial charge in [0.05, 0.1) is 11.9 Å². The van der Waals surface area contributed by atoms with Gasteiger partial charge in [0.1, 0.15) is 16.1 Å². The molecule has 0 spiro atoms. The van der Waals surface area contributed by atoms with Crippen molar-refractivity contribution >= 4 is 50.6 Å². The Morgan fingerprint density at radius 3 is 2.86 bits per heavy atom. The second-order valence-corrected chi connectivity index (χ2v) is 5.47. The van der Waals surface area contributed by atoms with Crippen molar-refractivity contribution < 1.29 is 14.3 Å². The number of benzene rings is 1. The molecule has 3 rings (SSSR count). The summed E-state index contributed by atoms with van der Waals surface area (Å²) >= 11 is 9.19. The van der Waals surface area contributed by atoms with Gasteiger partial charge in [0, 0.05) is 6.07 Å². The zero-order valence-corrected chi connectivity index (χ0v) is 13.1. The molecule has 0 aliphatic rings. The van der Waals surface area contributed by atoms with Gasteiger partial charge in [0.2, 0.25) is 0 Å². The average Bonchev–Trinajstić information content (AvgIpc) is 2.80. The maximum absolute atomic E-state index is 13.4. The first-order chi connectivity index (χ1) is 10.5. The summed E-state index contributed by atoms with van der Waals surface area (Å²) in [7, 11) is 0. The Kier molecular flexibility index (Phi) is 3.71. The zero-order valence-electron chi connectivity index (χ0n) is 10.7. The van der Waals surface area contributed by atoms with Crippen molar-refractivity contribution in [2.75, 3.05) is 4.90 Å². The van der Waals surface area contributed by atoms with E-state index in [1.807, 2.05) is 0 Å². The molecule has 2 heterocycles. The molecule has 9 heteroatoms. The maximum atomic E-state index is 13.4. The van der Waals surface area contributed by atoms with Gasteiger partial charge in [-0.3, -0.25) is 0 Å². The SMILES string of the molecule is O=C(O)N(c1cccc(F)c1)c1cc(Cl)nn2c(Br)cnc12. The predicted octanol–water partition coefficient (Wildman–Crippen LogP) is 4.10. The molecule has 0 atom stereocenters. The van der Waals surface area contributed by atoms with Crippen molar-refractivity contribution in [3.05, 3.63) is 52.1 Å². The molecule has 3 aromatic rings. The second kappa shape index (κ2) is 5.54. The van der Waals surface area contributed by atoms with Crippen molar-refractivity contribution in [1.29, 1.82) is 0 Å². The summed E-state index contributed by atoms with van der Waals surface area (Å²) in [6.07, 6.45) is 0.169. The Bertz CT molecular complexity index is 886. The molecule has 0 saturated carbocycles. The number of hydrogen-bond donors (Lipinski definition) is 1. The Morgan fingerprint density at radius 1 is 1.41 bits per heavy atom. The second-order valence-electron chi connectivity index (χ2n) is 4.27. The molecule has 0 aliphatic heterocycles. The lowest BCUT2D eigenvalue weighted by atomic mass is 10.2. The maximum Gasteiger partial charge on any atom is 0.416 e. The van der Waals surface area contributed by atoms with Gasteiger partial charge in [0.15, 0.2) is 10.8 Å². The van der Waals surface area contributed by atoms with Gasteiger partial charge in [0.25, 0.3) is 0 Å². The predicted molar refractivity (Wildman–Crippen MR) is 82.3 cm³/mol. The van der Waals surface area contributed by atoms with Gasteiger partial charge in [-0.25, -0.2) is 23.6 Å². The van der Waals surface area contributed by atoms with E-state index in [1.165, 1.54) is 35.0 Å². The van der Waals surface area contributed by atoms with Crippen LogP contribution in [0.15, 0.2) is 41.1 Å². The summed E-state index contributed by atoms with van der Waals surface area (Å²) in [6, 6.07) is 6.58. The van der Waals surface area contributed by atoms with E-state index in [-0.39, 0.29) is 22.2 Å². The van der Waals surface area contributed by atoms with Crippen LogP contribution < -0.4 is 4.90 Å². The van der Waals surface area contributed by atoms with Crippen LogP contribution in [0.25, 0.3) is 5.65 Å². The van der Waals surface area contributed by atoms with E-state index in [0.29, 0.717) is 4.60 Å². The molecule has 0 fully saturated rings. The van der Waals surface area contributed by atoms with Crippen LogP contribution >= 0.6 is 27.5 Å². The van der Waals surface area contributed by atoms with Crippen molar-refractivity contribution in [3.63, 3.8) is 0 Å². The lowest BCUT2D eigenvalue weighted by Gasteiger charge is -2.20. The molecule has 0 saturated heterocycles. The van der Waals surface area contributed by atoms with Gasteiger partial charge in [-0.05, 0) is 34.1 Å². The summed E-state index contributed by atoms with van der Waals surface area (Å²) in [5.41, 5.74) is 0.572. The molecule has 1 amide bonds. The molecular weight excluding hydrogens is 379 g/mol. The lowest BCUT2D eigenvalue weighted by molar-refractivity contribution is 0.205. The molecule has 0 radical (unpaired) electrons. The lowest BCUT2D eigenvalue weighted by Crippen LogP contribution is -2.24. The minimum atomic E-state index is -1.30. The van der Waals surface area contributed by atoms with Crippen LogP contribution in [0.1, 0.15) is 0 Å². The minimum Gasteiger partial charge on any atom is -0.464 e. The van der Waals surface area contributed by atoms with E-state index >= 15 is 0 Å². The van der Waals surface area contributed by atoms with Crippen LogP contribution in [0.4, 0.5) is 20.6 Å². The highest BCUT2D eigenvalue weighted by atomic mass is 79.9. The first kappa shape index (κ1) is 14.7. The Labute approximate surface area is 136 Å². The highest BCUT2D eigenvalue weighted by Gasteiger charge is 2.23. The smallest absolute Gasteiger partial charge is 0.416 e. The van der Waals surface area contributed by atoms with Crippen molar-refractivity contribution in [2.24, 2.45) is 0 Å². The molecule has 0 bridgehead atoms. The van der Waals surface area contributed by atoms with Gasteiger partial charge >= 0.3 is 6.09 Å². The Morgan fingerprint density at radius 2 is 2.18 bits per heavy atom. The number of carbonyl (C=O) groups is 1. The molecule has 0 unspecified atom stereocenters. The van der Waals surface area contributed by atoms with Gasteiger partial charge in [-0.2, -0.15) is 5.10 Å². The van der Waals surface area contributed by atoms with Crippen LogP contribution in [0.2, 0.25) is 5.15 Å². The molecule has 1 aromatic carbocycles. The first-order valence-corrected chi connectivity index (χ1v) is 7.13. The molecular formula is C13H7BrClFN4O2. The van der Waals surface area contributed by atoms with Crippen molar-refractivity contribution in [2.45, 2.75) is 0 Å².